The molecule has 1 atom stereocenters. The van der Waals surface area contributed by atoms with Crippen molar-refractivity contribution in [2.75, 3.05) is 32.1 Å². The molecule has 1 unspecified atom stereocenters. The van der Waals surface area contributed by atoms with Gasteiger partial charge in [-0.05, 0) is 42.5 Å². The minimum absolute atomic E-state index is 0.00152. The third-order valence-electron chi connectivity index (χ3n) is 6.26. The lowest BCUT2D eigenvalue weighted by Crippen LogP contribution is -2.46. The molecule has 0 aliphatic carbocycles. The Balaban J connectivity index is 1.49. The molecule has 3 heterocycles. The minimum Gasteiger partial charge on any atom is -0.381 e. The maximum atomic E-state index is 14.2. The molecule has 1 aromatic heterocycles. The lowest BCUT2D eigenvalue weighted by molar-refractivity contribution is 0.0903. The molecule has 1 aromatic carbocycles. The van der Waals surface area contributed by atoms with Crippen LogP contribution in [0.3, 0.4) is 0 Å². The molecular formula is C24H29ClFN7O2. The number of amides is 2. The van der Waals surface area contributed by atoms with Gasteiger partial charge in [0.1, 0.15) is 5.82 Å². The van der Waals surface area contributed by atoms with E-state index in [0.29, 0.717) is 36.7 Å². The molecule has 186 valence electrons. The highest BCUT2D eigenvalue weighted by molar-refractivity contribution is 6.30. The van der Waals surface area contributed by atoms with Crippen LogP contribution >= 0.6 is 11.6 Å². The third-order valence-corrected chi connectivity index (χ3v) is 6.57. The minimum atomic E-state index is -0.696. The van der Waals surface area contributed by atoms with Gasteiger partial charge in [0.25, 0.3) is 0 Å². The summed E-state index contributed by atoms with van der Waals surface area (Å²) in [4.78, 5) is 28.3. The van der Waals surface area contributed by atoms with Gasteiger partial charge in [0, 0.05) is 57.4 Å². The number of ether oxygens (including phenoxy) is 1. The van der Waals surface area contributed by atoms with E-state index in [2.05, 4.69) is 25.6 Å². The van der Waals surface area contributed by atoms with E-state index in [1.807, 2.05) is 6.20 Å². The normalized spacial score (nSPS) is 17.5. The summed E-state index contributed by atoms with van der Waals surface area (Å²) < 4.78 is 19.6. The monoisotopic (exact) mass is 501 g/mol. The molecule has 1 saturated heterocycles. The zero-order valence-electron chi connectivity index (χ0n) is 19.6. The van der Waals surface area contributed by atoms with Crippen LogP contribution in [0.4, 0.5) is 15.1 Å². The number of nitrogens with zero attached hydrogens (tertiary/aromatic N) is 4. The van der Waals surface area contributed by atoms with Crippen molar-refractivity contribution in [3.05, 3.63) is 52.1 Å². The molecule has 0 radical (unpaired) electrons. The number of hydrogen-bond acceptors (Lipinski definition) is 7. The average molecular weight is 502 g/mol. The fourth-order valence-corrected chi connectivity index (χ4v) is 4.40. The van der Waals surface area contributed by atoms with Gasteiger partial charge in [-0.15, -0.1) is 0 Å². The number of aromatic nitrogens is 2. The second-order valence-corrected chi connectivity index (χ2v) is 8.95. The second-order valence-electron chi connectivity index (χ2n) is 8.55. The van der Waals surface area contributed by atoms with Gasteiger partial charge in [-0.1, -0.05) is 17.7 Å². The average Bonchev–Trinajstić information content (AvgIpc) is 2.88. The van der Waals surface area contributed by atoms with Gasteiger partial charge in [-0.3, -0.25) is 4.99 Å². The van der Waals surface area contributed by atoms with Crippen LogP contribution in [-0.4, -0.2) is 65.7 Å². The van der Waals surface area contributed by atoms with Gasteiger partial charge in [0.05, 0.1) is 23.3 Å². The van der Waals surface area contributed by atoms with E-state index in [1.54, 1.807) is 18.0 Å². The molecular weight excluding hydrogens is 473 g/mol. The molecule has 2 amide bonds. The SMILES string of the molecule is CN=C(CC=N)C(NC(=O)N1CCc2cnc(NC3CCOCC3)nc2C1)c1ccc(Cl)c(F)c1. The van der Waals surface area contributed by atoms with Crippen LogP contribution in [0, 0.1) is 11.2 Å². The Labute approximate surface area is 208 Å². The van der Waals surface area contributed by atoms with Crippen LogP contribution in [0.25, 0.3) is 0 Å². The second kappa shape index (κ2) is 11.5. The van der Waals surface area contributed by atoms with E-state index in [9.17, 15) is 9.18 Å². The van der Waals surface area contributed by atoms with Crippen molar-refractivity contribution in [1.82, 2.24) is 20.2 Å². The van der Waals surface area contributed by atoms with Gasteiger partial charge in [0.15, 0.2) is 0 Å². The largest absolute Gasteiger partial charge is 0.381 e. The summed E-state index contributed by atoms with van der Waals surface area (Å²) in [7, 11) is 1.59. The van der Waals surface area contributed by atoms with Crippen molar-refractivity contribution in [3.63, 3.8) is 0 Å². The predicted octanol–water partition coefficient (Wildman–Crippen LogP) is 3.78. The van der Waals surface area contributed by atoms with E-state index in [4.69, 9.17) is 21.7 Å². The van der Waals surface area contributed by atoms with Gasteiger partial charge in [0.2, 0.25) is 5.95 Å². The van der Waals surface area contributed by atoms with E-state index in [0.717, 1.165) is 37.3 Å². The Morgan fingerprint density at radius 3 is 2.94 bits per heavy atom. The van der Waals surface area contributed by atoms with Crippen molar-refractivity contribution in [2.24, 2.45) is 4.99 Å². The third kappa shape index (κ3) is 6.12. The highest BCUT2D eigenvalue weighted by Gasteiger charge is 2.27. The number of urea groups is 1. The van der Waals surface area contributed by atoms with Crippen molar-refractivity contribution < 1.29 is 13.9 Å². The zero-order valence-corrected chi connectivity index (χ0v) is 20.3. The smallest absolute Gasteiger partial charge is 0.318 e. The number of benzene rings is 1. The van der Waals surface area contributed by atoms with Gasteiger partial charge in [-0.25, -0.2) is 19.2 Å². The fraction of sp³-hybridized carbons (Fsp3) is 0.458. The number of carbonyl (C=O) groups is 1. The first-order chi connectivity index (χ1) is 17.0. The molecule has 0 bridgehead atoms. The first-order valence-corrected chi connectivity index (χ1v) is 12.0. The molecule has 9 nitrogen and oxygen atoms in total. The summed E-state index contributed by atoms with van der Waals surface area (Å²) in [6.45, 7) is 2.27. The summed E-state index contributed by atoms with van der Waals surface area (Å²) >= 11 is 5.85. The quantitative estimate of drug-likeness (QED) is 0.499. The van der Waals surface area contributed by atoms with Crippen LogP contribution < -0.4 is 10.6 Å². The van der Waals surface area contributed by atoms with E-state index in [1.165, 1.54) is 18.3 Å². The maximum absolute atomic E-state index is 14.2. The zero-order chi connectivity index (χ0) is 24.8. The summed E-state index contributed by atoms with van der Waals surface area (Å²) in [6, 6.07) is 3.64. The lowest BCUT2D eigenvalue weighted by atomic mass is 9.99. The van der Waals surface area contributed by atoms with Crippen LogP contribution in [0.15, 0.2) is 29.4 Å². The Kier molecular flexibility index (Phi) is 8.25. The number of rotatable bonds is 7. The molecule has 0 spiro atoms. The molecule has 2 aromatic rings. The van der Waals surface area contributed by atoms with Crippen molar-refractivity contribution >= 4 is 35.5 Å². The number of hydrogen-bond donors (Lipinski definition) is 3. The Hall–Kier alpha value is -3.11. The van der Waals surface area contributed by atoms with Crippen molar-refractivity contribution in [2.45, 2.75) is 44.3 Å². The van der Waals surface area contributed by atoms with Crippen LogP contribution in [0.2, 0.25) is 5.02 Å². The maximum Gasteiger partial charge on any atom is 0.318 e. The molecule has 11 heteroatoms. The number of aliphatic imine (C=N–C) groups is 1. The molecule has 3 N–H and O–H groups in total. The standard InChI is InChI=1S/C24H29ClFN7O2/c1-28-20(4-8-27)22(15-2-3-18(25)19(26)12-15)32-24(34)33-9-5-16-13-29-23(31-21(16)14-33)30-17-6-10-35-11-7-17/h2-3,8,12-13,17,22,27H,4-7,9-11,14H2,1H3,(H,32,34)(H,29,30,31). The fourth-order valence-electron chi connectivity index (χ4n) is 4.28. The Bertz CT molecular complexity index is 1110. The number of nitrogens with one attached hydrogen (secondary N) is 3. The summed E-state index contributed by atoms with van der Waals surface area (Å²) in [5.41, 5.74) is 2.86. The molecule has 4 rings (SSSR count). The summed E-state index contributed by atoms with van der Waals surface area (Å²) in [6.07, 6.45) is 5.69. The molecule has 1 fully saturated rings. The molecule has 35 heavy (non-hydrogen) atoms. The van der Waals surface area contributed by atoms with Crippen LogP contribution in [-0.2, 0) is 17.7 Å². The number of carbonyl (C=O) groups excluding carboxylic acids is 1. The predicted molar refractivity (Wildman–Crippen MR) is 133 cm³/mol. The number of fused-ring (bicyclic) bond motifs is 1. The number of anilines is 1. The highest BCUT2D eigenvalue weighted by atomic mass is 35.5. The summed E-state index contributed by atoms with van der Waals surface area (Å²) in [5.74, 6) is -0.0271. The number of halogens is 2. The van der Waals surface area contributed by atoms with E-state index >= 15 is 0 Å². The Morgan fingerprint density at radius 2 is 2.23 bits per heavy atom. The van der Waals surface area contributed by atoms with E-state index in [-0.39, 0.29) is 23.5 Å². The van der Waals surface area contributed by atoms with E-state index < -0.39 is 11.9 Å². The first-order valence-electron chi connectivity index (χ1n) is 11.6. The highest BCUT2D eigenvalue weighted by Crippen LogP contribution is 2.24. The van der Waals surface area contributed by atoms with Crippen LogP contribution in [0.5, 0.6) is 0 Å². The first kappa shape index (κ1) is 25.0. The van der Waals surface area contributed by atoms with Gasteiger partial charge in [-0.2, -0.15) is 0 Å². The van der Waals surface area contributed by atoms with Crippen molar-refractivity contribution in [1.29, 1.82) is 5.41 Å². The molecule has 2 aliphatic rings. The Morgan fingerprint density at radius 1 is 1.43 bits per heavy atom. The topological polar surface area (TPSA) is 116 Å². The molecule has 0 saturated carbocycles. The lowest BCUT2D eigenvalue weighted by Gasteiger charge is -2.31. The summed E-state index contributed by atoms with van der Waals surface area (Å²) in [5, 5.41) is 13.8. The van der Waals surface area contributed by atoms with Gasteiger partial charge < -0.3 is 25.7 Å². The van der Waals surface area contributed by atoms with Crippen molar-refractivity contribution in [3.8, 4) is 0 Å². The van der Waals surface area contributed by atoms with Gasteiger partial charge >= 0.3 is 6.03 Å². The van der Waals surface area contributed by atoms with Crippen LogP contribution in [0.1, 0.15) is 42.1 Å². The molecule has 2 aliphatic heterocycles.